The Morgan fingerprint density at radius 1 is 1.37 bits per heavy atom. The molecule has 0 spiro atoms. The minimum absolute atomic E-state index is 0. The lowest BCUT2D eigenvalue weighted by Crippen LogP contribution is -2.45. The molecule has 2 aromatic rings. The summed E-state index contributed by atoms with van der Waals surface area (Å²) in [6, 6.07) is 9.62. The molecule has 2 N–H and O–H groups in total. The molecule has 150 valence electrons. The van der Waals surface area contributed by atoms with E-state index in [1.165, 1.54) is 5.56 Å². The molecule has 1 aromatic heterocycles. The number of hydrogen-bond donors (Lipinski definition) is 1. The van der Waals surface area contributed by atoms with Crippen molar-refractivity contribution in [3.8, 4) is 0 Å². The predicted octanol–water partition coefficient (Wildman–Crippen LogP) is 2.28. The summed E-state index contributed by atoms with van der Waals surface area (Å²) in [4.78, 5) is 18.5. The molecule has 0 bridgehead atoms. The average molecular weight is 415 g/mol. The second kappa shape index (κ2) is 11.3. The van der Waals surface area contributed by atoms with Gasteiger partial charge in [-0.1, -0.05) is 30.3 Å². The lowest BCUT2D eigenvalue weighted by Gasteiger charge is -2.23. The summed E-state index contributed by atoms with van der Waals surface area (Å²) in [7, 11) is 1.79. The van der Waals surface area contributed by atoms with E-state index in [-0.39, 0.29) is 36.8 Å². The highest BCUT2D eigenvalue weighted by Crippen LogP contribution is 2.13. The Labute approximate surface area is 172 Å². The van der Waals surface area contributed by atoms with Gasteiger partial charge in [0.05, 0.1) is 24.2 Å². The molecule has 1 fully saturated rings. The van der Waals surface area contributed by atoms with E-state index in [4.69, 9.17) is 10.5 Å². The molecular formula is C19H28Cl2N4O2. The van der Waals surface area contributed by atoms with Crippen molar-refractivity contribution in [2.45, 2.75) is 38.0 Å². The number of benzene rings is 1. The Morgan fingerprint density at radius 2 is 2.11 bits per heavy atom. The van der Waals surface area contributed by atoms with Crippen LogP contribution in [0.15, 0.2) is 42.9 Å². The molecule has 3 rings (SSSR count). The molecular weight excluding hydrogens is 387 g/mol. The Hall–Kier alpha value is -1.60. The minimum Gasteiger partial charge on any atom is -0.376 e. The van der Waals surface area contributed by atoms with Crippen LogP contribution in [0, 0.1) is 0 Å². The van der Waals surface area contributed by atoms with Gasteiger partial charge in [0, 0.05) is 39.4 Å². The van der Waals surface area contributed by atoms with Gasteiger partial charge in [0.15, 0.2) is 0 Å². The lowest BCUT2D eigenvalue weighted by molar-refractivity contribution is -0.132. The van der Waals surface area contributed by atoms with Gasteiger partial charge in [-0.2, -0.15) is 0 Å². The molecule has 0 aliphatic carbocycles. The van der Waals surface area contributed by atoms with E-state index in [2.05, 4.69) is 17.1 Å². The van der Waals surface area contributed by atoms with Crippen LogP contribution in [-0.2, 0) is 22.5 Å². The SMILES string of the molecule is CN(CC1CCCO1)C(=O)[C@@H](N)Cc1cn(Cc2ccccc2)cn1.Cl.Cl. The molecule has 27 heavy (non-hydrogen) atoms. The fourth-order valence-electron chi connectivity index (χ4n) is 3.17. The van der Waals surface area contributed by atoms with Crippen molar-refractivity contribution in [3.63, 3.8) is 0 Å². The maximum Gasteiger partial charge on any atom is 0.239 e. The van der Waals surface area contributed by atoms with Crippen LogP contribution in [0.25, 0.3) is 0 Å². The lowest BCUT2D eigenvalue weighted by atomic mass is 10.1. The fourth-order valence-corrected chi connectivity index (χ4v) is 3.17. The van der Waals surface area contributed by atoms with Crippen molar-refractivity contribution in [1.29, 1.82) is 0 Å². The van der Waals surface area contributed by atoms with Crippen LogP contribution in [0.4, 0.5) is 0 Å². The molecule has 8 heteroatoms. The second-order valence-electron chi connectivity index (χ2n) is 6.69. The maximum absolute atomic E-state index is 12.4. The number of nitrogens with two attached hydrogens (primary N) is 1. The van der Waals surface area contributed by atoms with Gasteiger partial charge in [-0.25, -0.2) is 4.98 Å². The van der Waals surface area contributed by atoms with E-state index < -0.39 is 6.04 Å². The summed E-state index contributed by atoms with van der Waals surface area (Å²) in [5.74, 6) is -0.0619. The number of rotatable bonds is 7. The Balaban J connectivity index is 0.00000182. The van der Waals surface area contributed by atoms with E-state index in [1.54, 1.807) is 18.3 Å². The predicted molar refractivity (Wildman–Crippen MR) is 111 cm³/mol. The summed E-state index contributed by atoms with van der Waals surface area (Å²) >= 11 is 0. The number of ether oxygens (including phenoxy) is 1. The van der Waals surface area contributed by atoms with E-state index >= 15 is 0 Å². The summed E-state index contributed by atoms with van der Waals surface area (Å²) in [5, 5.41) is 0. The van der Waals surface area contributed by atoms with Gasteiger partial charge in [0.2, 0.25) is 5.91 Å². The zero-order valence-corrected chi connectivity index (χ0v) is 17.1. The molecule has 2 heterocycles. The monoisotopic (exact) mass is 414 g/mol. The van der Waals surface area contributed by atoms with Gasteiger partial charge in [-0.15, -0.1) is 24.8 Å². The topological polar surface area (TPSA) is 73.4 Å². The molecule has 1 aliphatic heterocycles. The quantitative estimate of drug-likeness (QED) is 0.753. The van der Waals surface area contributed by atoms with E-state index in [1.807, 2.05) is 29.0 Å². The highest BCUT2D eigenvalue weighted by molar-refractivity contribution is 5.85. The summed E-state index contributed by atoms with van der Waals surface area (Å²) in [6.07, 6.45) is 6.41. The van der Waals surface area contributed by atoms with Gasteiger partial charge < -0.3 is 19.9 Å². The molecule has 1 aliphatic rings. The fraction of sp³-hybridized carbons (Fsp3) is 0.474. The van der Waals surface area contributed by atoms with Crippen LogP contribution in [-0.4, -0.2) is 52.7 Å². The molecule has 1 amide bonds. The number of aromatic nitrogens is 2. The Morgan fingerprint density at radius 3 is 2.78 bits per heavy atom. The van der Waals surface area contributed by atoms with Crippen LogP contribution in [0.2, 0.25) is 0 Å². The van der Waals surface area contributed by atoms with Crippen LogP contribution in [0.3, 0.4) is 0 Å². The molecule has 1 saturated heterocycles. The van der Waals surface area contributed by atoms with E-state index in [0.29, 0.717) is 13.0 Å². The number of likely N-dealkylation sites (N-methyl/N-ethyl adjacent to an activating group) is 1. The Bertz CT molecular complexity index is 690. The molecule has 0 saturated carbocycles. The highest BCUT2D eigenvalue weighted by atomic mass is 35.5. The van der Waals surface area contributed by atoms with E-state index in [9.17, 15) is 4.79 Å². The van der Waals surface area contributed by atoms with Crippen molar-refractivity contribution in [3.05, 3.63) is 54.1 Å². The molecule has 0 radical (unpaired) electrons. The number of carbonyl (C=O) groups is 1. The van der Waals surface area contributed by atoms with E-state index in [0.717, 1.165) is 31.7 Å². The zero-order valence-electron chi connectivity index (χ0n) is 15.5. The summed E-state index contributed by atoms with van der Waals surface area (Å²) < 4.78 is 7.59. The van der Waals surface area contributed by atoms with Gasteiger partial charge in [-0.05, 0) is 18.4 Å². The number of hydrogen-bond acceptors (Lipinski definition) is 4. The minimum atomic E-state index is -0.577. The molecule has 1 unspecified atom stereocenters. The van der Waals surface area contributed by atoms with Crippen molar-refractivity contribution < 1.29 is 9.53 Å². The van der Waals surface area contributed by atoms with Crippen molar-refractivity contribution in [2.24, 2.45) is 5.73 Å². The number of carbonyl (C=O) groups excluding carboxylic acids is 1. The third kappa shape index (κ3) is 6.81. The first kappa shape index (κ1) is 23.4. The summed E-state index contributed by atoms with van der Waals surface area (Å²) in [6.45, 7) is 2.16. The van der Waals surface area contributed by atoms with Crippen molar-refractivity contribution in [2.75, 3.05) is 20.2 Å². The van der Waals surface area contributed by atoms with Gasteiger partial charge in [-0.3, -0.25) is 4.79 Å². The maximum atomic E-state index is 12.4. The Kier molecular flexibility index (Phi) is 9.80. The zero-order chi connectivity index (χ0) is 17.6. The van der Waals surface area contributed by atoms with Gasteiger partial charge in [0.25, 0.3) is 0 Å². The number of nitrogens with zero attached hydrogens (tertiary/aromatic N) is 3. The van der Waals surface area contributed by atoms with Crippen LogP contribution >= 0.6 is 24.8 Å². The first-order valence-corrected chi connectivity index (χ1v) is 8.78. The third-order valence-electron chi connectivity index (χ3n) is 4.52. The molecule has 6 nitrogen and oxygen atoms in total. The van der Waals surface area contributed by atoms with Crippen molar-refractivity contribution in [1.82, 2.24) is 14.5 Å². The number of halogens is 2. The second-order valence-corrected chi connectivity index (χ2v) is 6.69. The molecule has 2 atom stereocenters. The van der Waals surface area contributed by atoms with Gasteiger partial charge >= 0.3 is 0 Å². The third-order valence-corrected chi connectivity index (χ3v) is 4.52. The molecule has 1 aromatic carbocycles. The van der Waals surface area contributed by atoms with Crippen molar-refractivity contribution >= 4 is 30.7 Å². The number of amides is 1. The summed E-state index contributed by atoms with van der Waals surface area (Å²) in [5.41, 5.74) is 8.15. The normalized spacial score (nSPS) is 16.9. The smallest absolute Gasteiger partial charge is 0.239 e. The van der Waals surface area contributed by atoms with Gasteiger partial charge in [0.1, 0.15) is 0 Å². The highest BCUT2D eigenvalue weighted by Gasteiger charge is 2.24. The van der Waals surface area contributed by atoms with Crippen LogP contribution in [0.5, 0.6) is 0 Å². The largest absolute Gasteiger partial charge is 0.376 e. The van der Waals surface area contributed by atoms with Crippen LogP contribution < -0.4 is 5.73 Å². The number of imidazole rings is 1. The first-order chi connectivity index (χ1) is 12.1. The average Bonchev–Trinajstić information content (AvgIpc) is 3.27. The standard InChI is InChI=1S/C19H26N4O2.2ClH/c1-22(13-17-8-5-9-25-17)19(24)18(20)10-16-12-23(14-21-16)11-15-6-3-2-4-7-15;;/h2-4,6-7,12,14,17-18H,5,8-11,13,20H2,1H3;2*1H/t17?,18-;;/m0../s1. The first-order valence-electron chi connectivity index (χ1n) is 8.78. The van der Waals surface area contributed by atoms with Crippen LogP contribution in [0.1, 0.15) is 24.1 Å².